The van der Waals surface area contributed by atoms with Crippen molar-refractivity contribution in [2.24, 2.45) is 7.05 Å². The molecular weight excluding hydrogens is 424 g/mol. The fourth-order valence-electron chi connectivity index (χ4n) is 2.80. The fourth-order valence-corrected chi connectivity index (χ4v) is 3.95. The number of rotatable bonds is 6. The van der Waals surface area contributed by atoms with E-state index in [1.54, 1.807) is 7.05 Å². The second-order valence-electron chi connectivity index (χ2n) is 5.89. The molecule has 1 fully saturated rings. The maximum Gasteiger partial charge on any atom is 0.473 e. The van der Waals surface area contributed by atoms with Crippen LogP contribution in [0, 0.1) is 0 Å². The Bertz CT molecular complexity index is 975. The predicted molar refractivity (Wildman–Crippen MR) is 87.9 cm³/mol. The van der Waals surface area contributed by atoms with Gasteiger partial charge in [0, 0.05) is 0 Å². The second-order valence-corrected chi connectivity index (χ2v) is 8.23. The lowest BCUT2D eigenvalue weighted by Gasteiger charge is -2.24. The van der Waals surface area contributed by atoms with Crippen LogP contribution >= 0.6 is 16.4 Å². The molecule has 3 rings (SSSR count). The first-order valence-corrected chi connectivity index (χ1v) is 10.2. The lowest BCUT2D eigenvalue weighted by atomic mass is 10.1. The van der Waals surface area contributed by atoms with E-state index in [0.717, 1.165) is 0 Å². The number of aliphatic hydroxyl groups is 2. The molecule has 28 heavy (non-hydrogen) atoms. The van der Waals surface area contributed by atoms with Gasteiger partial charge in [-0.2, -0.15) is 0 Å². The highest BCUT2D eigenvalue weighted by Gasteiger charge is 2.47. The van der Waals surface area contributed by atoms with Gasteiger partial charge in [-0.05, 0) is 0 Å². The zero-order chi connectivity index (χ0) is 20.8. The minimum absolute atomic E-state index is 0.0810. The summed E-state index contributed by atoms with van der Waals surface area (Å²) in [4.78, 5) is 46.9. The number of nitrogens with two attached hydrogens (primary N) is 1. The van der Waals surface area contributed by atoms with E-state index >= 15 is 0 Å². The van der Waals surface area contributed by atoms with Gasteiger partial charge in [-0.1, -0.05) is 4.98 Å². The van der Waals surface area contributed by atoms with E-state index in [1.807, 2.05) is 0 Å². The molecule has 1 unspecified atom stereocenters. The molecule has 156 valence electrons. The molecule has 2 aromatic rings. The number of aliphatic hydroxyl groups excluding tert-OH is 2. The number of hydrogen-bond acceptors (Lipinski definition) is 10. The van der Waals surface area contributed by atoms with Crippen LogP contribution in [0.15, 0.2) is 11.1 Å². The Morgan fingerprint density at radius 2 is 2.18 bits per heavy atom. The van der Waals surface area contributed by atoms with Crippen LogP contribution in [0.25, 0.3) is 11.2 Å². The van der Waals surface area contributed by atoms with Crippen molar-refractivity contribution < 1.29 is 47.6 Å². The number of anilines is 1. The SMILES string of the molecule is Cn1c[n+]([C@@H]2O[C@H](COP([O-])OP(=O)(O)O)[C@@H](O)[C@H]2O)c2nc(N)[nH]c(=O)c21. The highest BCUT2D eigenvalue weighted by atomic mass is 31.3. The number of hydrogen-bond donors (Lipinski definition) is 6. The molecule has 0 aliphatic carbocycles. The van der Waals surface area contributed by atoms with E-state index in [-0.39, 0.29) is 17.1 Å². The van der Waals surface area contributed by atoms with Crippen LogP contribution in [0.1, 0.15) is 6.23 Å². The molecular formula is C11H17N5O10P2. The quantitative estimate of drug-likeness (QED) is 0.189. The van der Waals surface area contributed by atoms with E-state index < -0.39 is 53.1 Å². The molecule has 1 aliphatic rings. The molecule has 0 bridgehead atoms. The first-order valence-electron chi connectivity index (χ1n) is 7.61. The summed E-state index contributed by atoms with van der Waals surface area (Å²) >= 11 is 0. The largest absolute Gasteiger partial charge is 0.786 e. The number of H-pyrrole nitrogens is 1. The monoisotopic (exact) mass is 441 g/mol. The second kappa shape index (κ2) is 7.72. The van der Waals surface area contributed by atoms with Crippen molar-refractivity contribution in [3.8, 4) is 0 Å². The Labute approximate surface area is 157 Å². The van der Waals surface area contributed by atoms with Gasteiger partial charge in [0.25, 0.3) is 11.5 Å². The zero-order valence-corrected chi connectivity index (χ0v) is 15.9. The summed E-state index contributed by atoms with van der Waals surface area (Å²) in [6.07, 6.45) is -4.03. The van der Waals surface area contributed by atoms with Gasteiger partial charge < -0.3 is 39.9 Å². The van der Waals surface area contributed by atoms with E-state index in [4.69, 9.17) is 20.3 Å². The normalized spacial score (nSPS) is 26.8. The first kappa shape index (κ1) is 21.2. The standard InChI is InChI=1S/C11H17N5O10P2/c1-15-3-16(8-5(15)9(19)14-11(12)13-8)10-7(18)6(17)4(25-10)2-24-27(20)26-28(21,22)23/h3-4,6-7,10,17-18H,2H2,1H3,(H2,21,22,23)(H3,12,13,14,19)/t4-,6-,7-,10-,27?/m1/s1. The number of fused-ring (bicyclic) bond motifs is 1. The summed E-state index contributed by atoms with van der Waals surface area (Å²) in [5.74, 6) is -0.169. The number of nitrogens with one attached hydrogen (secondary N) is 1. The number of nitrogen functional groups attached to an aromatic ring is 1. The molecule has 3 heterocycles. The maximum atomic E-state index is 12.1. The molecule has 0 radical (unpaired) electrons. The van der Waals surface area contributed by atoms with Crippen LogP contribution in [-0.2, 0) is 25.2 Å². The average molecular weight is 441 g/mol. The van der Waals surface area contributed by atoms with Crippen molar-refractivity contribution in [3.63, 3.8) is 0 Å². The minimum Gasteiger partial charge on any atom is -0.786 e. The average Bonchev–Trinajstić information content (AvgIpc) is 3.02. The van der Waals surface area contributed by atoms with Gasteiger partial charge in [-0.3, -0.25) is 18.7 Å². The summed E-state index contributed by atoms with van der Waals surface area (Å²) in [5, 5.41) is 20.5. The van der Waals surface area contributed by atoms with Crippen molar-refractivity contribution >= 4 is 33.5 Å². The minimum atomic E-state index is -5.03. The number of aromatic nitrogens is 4. The number of ether oxygens (including phenoxy) is 1. The smallest absolute Gasteiger partial charge is 0.473 e. The van der Waals surface area contributed by atoms with Crippen LogP contribution in [0.2, 0.25) is 0 Å². The zero-order valence-electron chi connectivity index (χ0n) is 14.1. The Morgan fingerprint density at radius 3 is 2.82 bits per heavy atom. The number of imidazole rings is 1. The highest BCUT2D eigenvalue weighted by molar-refractivity contribution is 7.57. The number of aromatic amines is 1. The van der Waals surface area contributed by atoms with Crippen LogP contribution in [0.5, 0.6) is 0 Å². The van der Waals surface area contributed by atoms with Crippen molar-refractivity contribution in [1.82, 2.24) is 14.5 Å². The molecule has 15 nitrogen and oxygen atoms in total. The van der Waals surface area contributed by atoms with E-state index in [2.05, 4.69) is 18.8 Å². The molecule has 7 N–H and O–H groups in total. The van der Waals surface area contributed by atoms with Crippen LogP contribution in [0.4, 0.5) is 5.95 Å². The molecule has 0 saturated carbocycles. The molecule has 5 atom stereocenters. The summed E-state index contributed by atoms with van der Waals surface area (Å²) in [6, 6.07) is 0. The highest BCUT2D eigenvalue weighted by Crippen LogP contribution is 2.49. The predicted octanol–water partition coefficient (Wildman–Crippen LogP) is -3.54. The van der Waals surface area contributed by atoms with E-state index in [0.29, 0.717) is 0 Å². The number of aryl methyl sites for hydroxylation is 1. The summed E-state index contributed by atoms with van der Waals surface area (Å²) in [5.41, 5.74) is 5.24. The van der Waals surface area contributed by atoms with Gasteiger partial charge in [0.2, 0.25) is 11.7 Å². The third kappa shape index (κ3) is 4.23. The van der Waals surface area contributed by atoms with Gasteiger partial charge in [-0.15, -0.1) is 0 Å². The van der Waals surface area contributed by atoms with Crippen molar-refractivity contribution in [1.29, 1.82) is 0 Å². The van der Waals surface area contributed by atoms with Crippen molar-refractivity contribution in [2.45, 2.75) is 24.5 Å². The lowest BCUT2D eigenvalue weighted by molar-refractivity contribution is -0.745. The third-order valence-corrected chi connectivity index (χ3v) is 5.66. The maximum absolute atomic E-state index is 12.1. The third-order valence-electron chi connectivity index (χ3n) is 3.92. The van der Waals surface area contributed by atoms with E-state index in [9.17, 15) is 24.5 Å². The Kier molecular flexibility index (Phi) is 5.85. The van der Waals surface area contributed by atoms with Gasteiger partial charge in [-0.25, -0.2) is 9.13 Å². The summed E-state index contributed by atoms with van der Waals surface area (Å²) in [7, 11) is -6.67. The first-order chi connectivity index (χ1) is 13.0. The van der Waals surface area contributed by atoms with Gasteiger partial charge in [0.05, 0.1) is 22.3 Å². The topological polar surface area (TPSA) is 229 Å². The molecule has 1 aliphatic heterocycles. The molecule has 2 aromatic heterocycles. The molecule has 0 amide bonds. The fraction of sp³-hybridized carbons (Fsp3) is 0.545. The van der Waals surface area contributed by atoms with Gasteiger partial charge in [0.15, 0.2) is 6.33 Å². The van der Waals surface area contributed by atoms with Crippen molar-refractivity contribution in [3.05, 3.63) is 16.7 Å². The van der Waals surface area contributed by atoms with Gasteiger partial charge >= 0.3 is 13.5 Å². The van der Waals surface area contributed by atoms with Crippen molar-refractivity contribution in [2.75, 3.05) is 12.3 Å². The van der Waals surface area contributed by atoms with Crippen LogP contribution in [-0.4, -0.2) is 59.5 Å². The Morgan fingerprint density at radius 1 is 1.50 bits per heavy atom. The molecule has 0 aromatic carbocycles. The van der Waals surface area contributed by atoms with Gasteiger partial charge in [0.1, 0.15) is 18.3 Å². The lowest BCUT2D eigenvalue weighted by Crippen LogP contribution is -2.46. The molecule has 0 spiro atoms. The Balaban J connectivity index is 1.81. The Hall–Kier alpha value is -1.51. The molecule has 1 saturated heterocycles. The summed E-state index contributed by atoms with van der Waals surface area (Å²) in [6.45, 7) is -0.606. The summed E-state index contributed by atoms with van der Waals surface area (Å²) < 4.78 is 27.3. The number of nitrogens with zero attached hydrogens (tertiary/aromatic N) is 3. The van der Waals surface area contributed by atoms with E-state index in [1.165, 1.54) is 15.5 Å². The molecule has 17 heteroatoms. The van der Waals surface area contributed by atoms with Crippen LogP contribution in [0.3, 0.4) is 0 Å². The number of phosphoric acid groups is 1. The van der Waals surface area contributed by atoms with Crippen LogP contribution < -0.4 is 20.8 Å².